The van der Waals surface area contributed by atoms with E-state index in [2.05, 4.69) is 0 Å². The van der Waals surface area contributed by atoms with E-state index < -0.39 is 23.0 Å². The van der Waals surface area contributed by atoms with Gasteiger partial charge in [-0.05, 0) is 0 Å². The molecule has 0 aliphatic rings. The van der Waals surface area contributed by atoms with E-state index in [0.29, 0.717) is 0 Å². The van der Waals surface area contributed by atoms with Gasteiger partial charge in [-0.25, -0.2) is 4.79 Å². The van der Waals surface area contributed by atoms with E-state index in [4.69, 9.17) is 38.5 Å². The zero-order valence-electron chi connectivity index (χ0n) is 4.79. The minimum Gasteiger partial charge on any atom is -0.479 e. The van der Waals surface area contributed by atoms with Crippen LogP contribution in [0, 0.1) is 0 Å². The number of aliphatic hydroxyl groups is 2. The molecule has 1 unspecified atom stereocenters. The zero-order valence-corrected chi connectivity index (χ0v) is 6.30. The molecule has 60 valence electrons. The minimum absolute atomic E-state index is 1.01. The van der Waals surface area contributed by atoms with E-state index in [1.54, 1.807) is 0 Å². The van der Waals surface area contributed by atoms with Gasteiger partial charge in [-0.1, -0.05) is 0 Å². The standard InChI is InChI=1S/C4H6Cl2O4/c5-2(6)4(10,1-7)3(8)9/h2,7,10H,1H2,(H,8,9). The van der Waals surface area contributed by atoms with Gasteiger partial charge in [-0.2, -0.15) is 0 Å². The average molecular weight is 189 g/mol. The molecule has 0 saturated heterocycles. The van der Waals surface area contributed by atoms with Crippen LogP contribution in [0.2, 0.25) is 0 Å². The second-order valence-corrected chi connectivity index (χ2v) is 2.78. The summed E-state index contributed by atoms with van der Waals surface area (Å²) in [6.45, 7) is -1.01. The number of aliphatic carboxylic acids is 1. The summed E-state index contributed by atoms with van der Waals surface area (Å²) in [7, 11) is 0. The van der Waals surface area contributed by atoms with Crippen LogP contribution in [0.1, 0.15) is 0 Å². The van der Waals surface area contributed by atoms with Crippen molar-refractivity contribution >= 4 is 29.2 Å². The lowest BCUT2D eigenvalue weighted by atomic mass is 10.1. The summed E-state index contributed by atoms with van der Waals surface area (Å²) in [6, 6.07) is 0. The number of hydrogen-bond donors (Lipinski definition) is 3. The van der Waals surface area contributed by atoms with Crippen LogP contribution in [0.3, 0.4) is 0 Å². The molecule has 1 atom stereocenters. The van der Waals surface area contributed by atoms with Crippen LogP contribution in [-0.4, -0.2) is 38.3 Å². The van der Waals surface area contributed by atoms with Crippen molar-refractivity contribution in [1.29, 1.82) is 0 Å². The van der Waals surface area contributed by atoms with Gasteiger partial charge in [-0.15, -0.1) is 23.2 Å². The number of aliphatic hydroxyl groups excluding tert-OH is 1. The van der Waals surface area contributed by atoms with Gasteiger partial charge < -0.3 is 15.3 Å². The van der Waals surface area contributed by atoms with Crippen molar-refractivity contribution in [1.82, 2.24) is 0 Å². The smallest absolute Gasteiger partial charge is 0.341 e. The highest BCUT2D eigenvalue weighted by Gasteiger charge is 2.42. The van der Waals surface area contributed by atoms with E-state index in [-0.39, 0.29) is 0 Å². The Hall–Kier alpha value is -0.0300. The third-order valence-corrected chi connectivity index (χ3v) is 1.69. The molecule has 0 rings (SSSR count). The lowest BCUT2D eigenvalue weighted by Crippen LogP contribution is -2.48. The highest BCUT2D eigenvalue weighted by molar-refractivity contribution is 6.46. The second-order valence-electron chi connectivity index (χ2n) is 1.69. The van der Waals surface area contributed by atoms with Crippen LogP contribution in [-0.2, 0) is 4.79 Å². The van der Waals surface area contributed by atoms with Gasteiger partial charge in [0.1, 0.15) is 4.84 Å². The predicted molar refractivity (Wildman–Crippen MR) is 35.2 cm³/mol. The van der Waals surface area contributed by atoms with Gasteiger partial charge >= 0.3 is 5.97 Å². The Morgan fingerprint density at radius 1 is 1.60 bits per heavy atom. The molecular weight excluding hydrogens is 183 g/mol. The van der Waals surface area contributed by atoms with Crippen molar-refractivity contribution in [3.05, 3.63) is 0 Å². The monoisotopic (exact) mass is 188 g/mol. The van der Waals surface area contributed by atoms with Gasteiger partial charge in [0, 0.05) is 0 Å². The Labute approximate surface area is 67.0 Å². The fourth-order valence-electron chi connectivity index (χ4n) is 0.230. The molecule has 0 aliphatic carbocycles. The first-order chi connectivity index (χ1) is 4.45. The molecule has 0 amide bonds. The van der Waals surface area contributed by atoms with Crippen LogP contribution in [0.25, 0.3) is 0 Å². The van der Waals surface area contributed by atoms with E-state index in [1.807, 2.05) is 0 Å². The second kappa shape index (κ2) is 3.39. The molecule has 0 heterocycles. The summed E-state index contributed by atoms with van der Waals surface area (Å²) >= 11 is 10.1. The van der Waals surface area contributed by atoms with Crippen LogP contribution < -0.4 is 0 Å². The highest BCUT2D eigenvalue weighted by atomic mass is 35.5. The molecule has 0 bridgehead atoms. The molecule has 10 heavy (non-hydrogen) atoms. The molecule has 0 fully saturated rings. The molecule has 4 nitrogen and oxygen atoms in total. The van der Waals surface area contributed by atoms with Crippen LogP contribution in [0.4, 0.5) is 0 Å². The molecule has 0 aliphatic heterocycles. The number of carbonyl (C=O) groups is 1. The number of halogens is 2. The molecule has 0 saturated carbocycles. The number of rotatable bonds is 3. The zero-order chi connectivity index (χ0) is 8.36. The largest absolute Gasteiger partial charge is 0.479 e. The van der Waals surface area contributed by atoms with Gasteiger partial charge in [-0.3, -0.25) is 0 Å². The van der Waals surface area contributed by atoms with Gasteiger partial charge in [0.15, 0.2) is 0 Å². The summed E-state index contributed by atoms with van der Waals surface area (Å²) in [5.41, 5.74) is -2.46. The van der Waals surface area contributed by atoms with Crippen LogP contribution >= 0.6 is 23.2 Å². The fraction of sp³-hybridized carbons (Fsp3) is 0.750. The maximum atomic E-state index is 10.1. The fourth-order valence-corrected chi connectivity index (χ4v) is 0.555. The third kappa shape index (κ3) is 1.73. The van der Waals surface area contributed by atoms with Crippen molar-refractivity contribution in [3.8, 4) is 0 Å². The van der Waals surface area contributed by atoms with E-state index in [9.17, 15) is 4.79 Å². The Morgan fingerprint density at radius 3 is 2.00 bits per heavy atom. The van der Waals surface area contributed by atoms with Crippen LogP contribution in [0.5, 0.6) is 0 Å². The Kier molecular flexibility index (Phi) is 3.38. The summed E-state index contributed by atoms with van der Waals surface area (Å²) in [5.74, 6) is -1.65. The summed E-state index contributed by atoms with van der Waals surface area (Å²) in [6.07, 6.45) is 0. The van der Waals surface area contributed by atoms with Crippen molar-refractivity contribution in [3.63, 3.8) is 0 Å². The van der Waals surface area contributed by atoms with Crippen molar-refractivity contribution in [2.45, 2.75) is 10.4 Å². The topological polar surface area (TPSA) is 77.8 Å². The van der Waals surface area contributed by atoms with E-state index in [0.717, 1.165) is 0 Å². The van der Waals surface area contributed by atoms with Crippen molar-refractivity contribution in [2.24, 2.45) is 0 Å². The molecule has 6 heteroatoms. The van der Waals surface area contributed by atoms with E-state index in [1.165, 1.54) is 0 Å². The van der Waals surface area contributed by atoms with Gasteiger partial charge in [0.2, 0.25) is 5.60 Å². The number of alkyl halides is 2. The highest BCUT2D eigenvalue weighted by Crippen LogP contribution is 2.19. The molecule has 0 aromatic heterocycles. The molecular formula is C4H6Cl2O4. The maximum absolute atomic E-state index is 10.1. The molecule has 0 spiro atoms. The maximum Gasteiger partial charge on any atom is 0.341 e. The van der Waals surface area contributed by atoms with Gasteiger partial charge in [0.05, 0.1) is 6.61 Å². The first-order valence-electron chi connectivity index (χ1n) is 2.30. The third-order valence-electron chi connectivity index (χ3n) is 0.972. The Bertz CT molecular complexity index is 137. The Balaban J connectivity index is 4.38. The molecule has 0 aromatic rings. The van der Waals surface area contributed by atoms with Crippen LogP contribution in [0.15, 0.2) is 0 Å². The summed E-state index contributed by atoms with van der Waals surface area (Å²) in [4.78, 5) is 8.57. The Morgan fingerprint density at radius 2 is 2.00 bits per heavy atom. The SMILES string of the molecule is O=C(O)C(O)(CO)C(Cl)Cl. The molecule has 0 radical (unpaired) electrons. The quantitative estimate of drug-likeness (QED) is 0.527. The minimum atomic E-state index is -2.46. The lowest BCUT2D eigenvalue weighted by molar-refractivity contribution is -0.160. The average Bonchev–Trinajstić information content (AvgIpc) is 1.85. The summed E-state index contributed by atoms with van der Waals surface area (Å²) in [5, 5.41) is 25.4. The normalized spacial score (nSPS) is 16.9. The first-order valence-corrected chi connectivity index (χ1v) is 3.17. The number of carboxylic acids is 1. The van der Waals surface area contributed by atoms with E-state index >= 15 is 0 Å². The van der Waals surface area contributed by atoms with Crippen molar-refractivity contribution in [2.75, 3.05) is 6.61 Å². The lowest BCUT2D eigenvalue weighted by Gasteiger charge is -2.20. The predicted octanol–water partition coefficient (Wildman–Crippen LogP) is -0.402. The number of carboxylic acid groups (broad SMARTS) is 1. The summed E-state index contributed by atoms with van der Waals surface area (Å²) < 4.78 is 0. The van der Waals surface area contributed by atoms with Crippen molar-refractivity contribution < 1.29 is 20.1 Å². The number of hydrogen-bond acceptors (Lipinski definition) is 3. The molecule has 0 aromatic carbocycles. The van der Waals surface area contributed by atoms with Gasteiger partial charge in [0.25, 0.3) is 0 Å². The molecule has 3 N–H and O–H groups in total. The first kappa shape index (κ1) is 9.97.